The molecule has 0 spiro atoms. The number of carboxylic acids is 1. The van der Waals surface area contributed by atoms with E-state index in [9.17, 15) is 22.4 Å². The Bertz CT molecular complexity index is 173. The van der Waals surface area contributed by atoms with Gasteiger partial charge in [0, 0.05) is 12.8 Å². The molecule has 0 unspecified atom stereocenters. The van der Waals surface area contributed by atoms with Gasteiger partial charge in [-0.15, -0.1) is 0 Å². The van der Waals surface area contributed by atoms with Crippen molar-refractivity contribution in [2.75, 3.05) is 0 Å². The van der Waals surface area contributed by atoms with Crippen molar-refractivity contribution >= 4 is 5.97 Å². The number of aliphatic carboxylic acids is 1. The van der Waals surface area contributed by atoms with Crippen molar-refractivity contribution in [1.29, 1.82) is 0 Å². The van der Waals surface area contributed by atoms with Gasteiger partial charge in [-0.25, -0.2) is 13.6 Å². The van der Waals surface area contributed by atoms with Crippen molar-refractivity contribution < 1.29 is 27.5 Å². The van der Waals surface area contributed by atoms with Gasteiger partial charge in [-0.3, -0.25) is 0 Å². The summed E-state index contributed by atoms with van der Waals surface area (Å²) in [5.41, 5.74) is 0. The van der Waals surface area contributed by atoms with E-state index in [2.05, 4.69) is 0 Å². The second kappa shape index (κ2) is 3.28. The molecule has 0 rings (SSSR count). The number of carboxylic acid groups (broad SMARTS) is 1. The molecule has 0 radical (unpaired) electrons. The summed E-state index contributed by atoms with van der Waals surface area (Å²) in [6, 6.07) is 0. The topological polar surface area (TPSA) is 37.3 Å². The smallest absolute Gasteiger partial charge is 0.374 e. The molecule has 0 amide bonds. The van der Waals surface area contributed by atoms with Gasteiger partial charge in [0.2, 0.25) is 5.92 Å². The summed E-state index contributed by atoms with van der Waals surface area (Å²) in [6.07, 6.45) is -2.47. The molecule has 0 fully saturated rings. The van der Waals surface area contributed by atoms with Crippen molar-refractivity contribution in [3.63, 3.8) is 0 Å². The first-order chi connectivity index (χ1) is 5.15. The van der Waals surface area contributed by atoms with Crippen LogP contribution in [0, 0.1) is 0 Å². The zero-order valence-electron chi connectivity index (χ0n) is 6.28. The van der Waals surface area contributed by atoms with E-state index in [0.29, 0.717) is 6.92 Å². The molecule has 0 saturated carbocycles. The van der Waals surface area contributed by atoms with E-state index in [1.165, 1.54) is 0 Å². The van der Waals surface area contributed by atoms with Crippen LogP contribution in [0.4, 0.5) is 17.6 Å². The molecule has 1 N–H and O–H groups in total. The van der Waals surface area contributed by atoms with Crippen molar-refractivity contribution in [2.45, 2.75) is 31.6 Å². The monoisotopic (exact) mass is 188 g/mol. The standard InChI is InChI=1S/C6H8F4O2/c1-5(7,8)2-3-6(9,10)4(11)12/h2-3H2,1H3,(H,11,12). The molecular formula is C6H8F4O2. The Kier molecular flexibility index (Phi) is 3.06. The Morgan fingerprint density at radius 2 is 1.67 bits per heavy atom. The second-order valence-electron chi connectivity index (χ2n) is 2.58. The van der Waals surface area contributed by atoms with Gasteiger partial charge in [-0.1, -0.05) is 0 Å². The Balaban J connectivity index is 4.01. The largest absolute Gasteiger partial charge is 0.477 e. The number of alkyl halides is 4. The minimum absolute atomic E-state index is 0.463. The summed E-state index contributed by atoms with van der Waals surface area (Å²) in [7, 11) is 0. The second-order valence-corrected chi connectivity index (χ2v) is 2.58. The summed E-state index contributed by atoms with van der Waals surface area (Å²) in [6.45, 7) is 0.463. The lowest BCUT2D eigenvalue weighted by Gasteiger charge is -2.14. The molecule has 12 heavy (non-hydrogen) atoms. The van der Waals surface area contributed by atoms with E-state index >= 15 is 0 Å². The van der Waals surface area contributed by atoms with Gasteiger partial charge >= 0.3 is 11.9 Å². The first-order valence-electron chi connectivity index (χ1n) is 3.14. The Labute approximate surface area is 66.2 Å². The van der Waals surface area contributed by atoms with Crippen LogP contribution in [-0.2, 0) is 4.79 Å². The lowest BCUT2D eigenvalue weighted by molar-refractivity contribution is -0.167. The molecule has 72 valence electrons. The summed E-state index contributed by atoms with van der Waals surface area (Å²) in [5.74, 6) is -9.68. The summed E-state index contributed by atoms with van der Waals surface area (Å²) < 4.78 is 48.3. The van der Waals surface area contributed by atoms with Gasteiger partial charge in [0.1, 0.15) is 0 Å². The fourth-order valence-corrected chi connectivity index (χ4v) is 0.483. The molecule has 0 aromatic heterocycles. The first-order valence-corrected chi connectivity index (χ1v) is 3.14. The molecule has 0 aliphatic heterocycles. The highest BCUT2D eigenvalue weighted by atomic mass is 19.3. The molecule has 0 atom stereocenters. The molecule has 0 heterocycles. The number of rotatable bonds is 4. The summed E-state index contributed by atoms with van der Waals surface area (Å²) >= 11 is 0. The molecule has 0 aliphatic rings. The van der Waals surface area contributed by atoms with E-state index in [-0.39, 0.29) is 0 Å². The van der Waals surface area contributed by atoms with Crippen LogP contribution in [0.25, 0.3) is 0 Å². The molecular weight excluding hydrogens is 180 g/mol. The van der Waals surface area contributed by atoms with Crippen molar-refractivity contribution in [1.82, 2.24) is 0 Å². The van der Waals surface area contributed by atoms with Crippen LogP contribution in [0.3, 0.4) is 0 Å². The number of hydrogen-bond donors (Lipinski definition) is 1. The van der Waals surface area contributed by atoms with Gasteiger partial charge in [0.05, 0.1) is 0 Å². The van der Waals surface area contributed by atoms with Crippen molar-refractivity contribution in [3.05, 3.63) is 0 Å². The van der Waals surface area contributed by atoms with Crippen LogP contribution in [0.1, 0.15) is 19.8 Å². The predicted molar refractivity (Wildman–Crippen MR) is 32.4 cm³/mol. The minimum atomic E-state index is -4.06. The highest BCUT2D eigenvalue weighted by molar-refractivity contribution is 5.75. The predicted octanol–water partition coefficient (Wildman–Crippen LogP) is 2.14. The number of hydrogen-bond acceptors (Lipinski definition) is 1. The zero-order chi connectivity index (χ0) is 9.99. The van der Waals surface area contributed by atoms with Crippen LogP contribution in [-0.4, -0.2) is 22.9 Å². The van der Waals surface area contributed by atoms with Crippen LogP contribution in [0.5, 0.6) is 0 Å². The van der Waals surface area contributed by atoms with E-state index in [0.717, 1.165) is 0 Å². The minimum Gasteiger partial charge on any atom is -0.477 e. The van der Waals surface area contributed by atoms with Gasteiger partial charge in [-0.2, -0.15) is 8.78 Å². The normalized spacial score (nSPS) is 13.1. The van der Waals surface area contributed by atoms with Gasteiger partial charge in [-0.05, 0) is 6.92 Å². The van der Waals surface area contributed by atoms with Crippen LogP contribution < -0.4 is 0 Å². The van der Waals surface area contributed by atoms with Gasteiger partial charge in [0.15, 0.2) is 0 Å². The number of carbonyl (C=O) groups is 1. The maximum absolute atomic E-state index is 12.1. The SMILES string of the molecule is CC(F)(F)CCC(F)(F)C(=O)O. The van der Waals surface area contributed by atoms with Gasteiger partial charge < -0.3 is 5.11 Å². The van der Waals surface area contributed by atoms with Crippen LogP contribution in [0.15, 0.2) is 0 Å². The maximum Gasteiger partial charge on any atom is 0.374 e. The fourth-order valence-electron chi connectivity index (χ4n) is 0.483. The van der Waals surface area contributed by atoms with Crippen molar-refractivity contribution in [3.8, 4) is 0 Å². The molecule has 0 bridgehead atoms. The third-order valence-electron chi connectivity index (χ3n) is 1.19. The Hall–Kier alpha value is -0.810. The Morgan fingerprint density at radius 3 is 1.92 bits per heavy atom. The van der Waals surface area contributed by atoms with Crippen molar-refractivity contribution in [2.24, 2.45) is 0 Å². The maximum atomic E-state index is 12.1. The molecule has 0 aromatic rings. The van der Waals surface area contributed by atoms with E-state index < -0.39 is 30.7 Å². The van der Waals surface area contributed by atoms with Crippen LogP contribution >= 0.6 is 0 Å². The Morgan fingerprint density at radius 1 is 1.25 bits per heavy atom. The first kappa shape index (κ1) is 11.2. The lowest BCUT2D eigenvalue weighted by atomic mass is 10.1. The summed E-state index contributed by atoms with van der Waals surface area (Å²) in [4.78, 5) is 9.74. The molecule has 6 heteroatoms. The van der Waals surface area contributed by atoms with E-state index in [1.807, 2.05) is 0 Å². The molecule has 2 nitrogen and oxygen atoms in total. The highest BCUT2D eigenvalue weighted by Crippen LogP contribution is 2.27. The fraction of sp³-hybridized carbons (Fsp3) is 0.833. The molecule has 0 aliphatic carbocycles. The van der Waals surface area contributed by atoms with Crippen LogP contribution in [0.2, 0.25) is 0 Å². The molecule has 0 aromatic carbocycles. The average Bonchev–Trinajstić information content (AvgIpc) is 1.82. The third-order valence-corrected chi connectivity index (χ3v) is 1.19. The number of halogens is 4. The molecule has 0 saturated heterocycles. The van der Waals surface area contributed by atoms with E-state index in [1.54, 1.807) is 0 Å². The zero-order valence-corrected chi connectivity index (χ0v) is 6.28. The average molecular weight is 188 g/mol. The third kappa shape index (κ3) is 4.15. The van der Waals surface area contributed by atoms with Gasteiger partial charge in [0.25, 0.3) is 0 Å². The highest BCUT2D eigenvalue weighted by Gasteiger charge is 2.40. The lowest BCUT2D eigenvalue weighted by Crippen LogP contribution is -2.30. The van der Waals surface area contributed by atoms with E-state index in [4.69, 9.17) is 5.11 Å². The summed E-state index contributed by atoms with van der Waals surface area (Å²) in [5, 5.41) is 7.84. The quantitative estimate of drug-likeness (QED) is 0.686.